The lowest BCUT2D eigenvalue weighted by Gasteiger charge is -2.19. The molecule has 1 amide bonds. The fraction of sp³-hybridized carbons (Fsp3) is 0.316. The number of ether oxygens (including phenoxy) is 2. The Hall–Kier alpha value is -2.58. The molecule has 0 unspecified atom stereocenters. The van der Waals surface area contributed by atoms with E-state index in [2.05, 4.69) is 10.0 Å². The number of benzene rings is 2. The van der Waals surface area contributed by atoms with Crippen LogP contribution < -0.4 is 19.5 Å². The van der Waals surface area contributed by atoms with Crippen LogP contribution in [0.4, 0.5) is 5.69 Å². The van der Waals surface area contributed by atoms with Gasteiger partial charge in [0.25, 0.3) is 0 Å². The van der Waals surface area contributed by atoms with Gasteiger partial charge in [0.15, 0.2) is 0 Å². The predicted molar refractivity (Wildman–Crippen MR) is 105 cm³/mol. The number of rotatable bonds is 8. The van der Waals surface area contributed by atoms with Crippen molar-refractivity contribution < 1.29 is 22.7 Å². The zero-order chi connectivity index (χ0) is 20.0. The maximum atomic E-state index is 12.6. The standard InChI is InChI=1S/C19H24N2O5S/c1-13-5-10-18(26-3)17(11-13)20-19(22)12-16(21-27(4,23)24)14-6-8-15(25-2)9-7-14/h5-11,16,21H,12H2,1-4H3,(H,20,22)/t16-/m1/s1. The molecule has 0 aliphatic heterocycles. The predicted octanol–water partition coefficient (Wildman–Crippen LogP) is 2.63. The molecule has 0 spiro atoms. The van der Waals surface area contributed by atoms with Crippen LogP contribution in [0.2, 0.25) is 0 Å². The summed E-state index contributed by atoms with van der Waals surface area (Å²) in [4.78, 5) is 12.6. The van der Waals surface area contributed by atoms with Crippen LogP contribution in [0.15, 0.2) is 42.5 Å². The Kier molecular flexibility index (Phi) is 6.81. The summed E-state index contributed by atoms with van der Waals surface area (Å²) in [6.45, 7) is 1.90. The first-order valence-corrected chi connectivity index (χ1v) is 10.2. The Balaban J connectivity index is 2.21. The first-order chi connectivity index (χ1) is 12.7. The van der Waals surface area contributed by atoms with E-state index in [1.54, 1.807) is 43.5 Å². The highest BCUT2D eigenvalue weighted by atomic mass is 32.2. The molecule has 2 N–H and O–H groups in total. The average Bonchev–Trinajstić information content (AvgIpc) is 2.60. The normalized spacial score (nSPS) is 12.3. The molecule has 0 bridgehead atoms. The molecule has 7 nitrogen and oxygen atoms in total. The van der Waals surface area contributed by atoms with Gasteiger partial charge in [0.1, 0.15) is 11.5 Å². The van der Waals surface area contributed by atoms with Crippen LogP contribution in [0.1, 0.15) is 23.6 Å². The van der Waals surface area contributed by atoms with E-state index in [0.717, 1.165) is 11.8 Å². The van der Waals surface area contributed by atoms with Crippen LogP contribution >= 0.6 is 0 Å². The molecule has 0 aliphatic rings. The summed E-state index contributed by atoms with van der Waals surface area (Å²) in [5.41, 5.74) is 2.16. The number of aryl methyl sites for hydroxylation is 1. The molecule has 27 heavy (non-hydrogen) atoms. The largest absolute Gasteiger partial charge is 0.497 e. The summed E-state index contributed by atoms with van der Waals surface area (Å²) >= 11 is 0. The summed E-state index contributed by atoms with van der Waals surface area (Å²) in [5, 5.41) is 2.79. The van der Waals surface area contributed by atoms with Gasteiger partial charge in [-0.15, -0.1) is 0 Å². The average molecular weight is 392 g/mol. The smallest absolute Gasteiger partial charge is 0.226 e. The Labute approximate surface area is 159 Å². The minimum atomic E-state index is -3.51. The highest BCUT2D eigenvalue weighted by Crippen LogP contribution is 2.27. The van der Waals surface area contributed by atoms with E-state index in [0.29, 0.717) is 22.7 Å². The van der Waals surface area contributed by atoms with E-state index < -0.39 is 16.1 Å². The second-order valence-corrected chi connectivity index (χ2v) is 7.95. The SMILES string of the molecule is COc1ccc([C@@H](CC(=O)Nc2cc(C)ccc2OC)NS(C)(=O)=O)cc1. The lowest BCUT2D eigenvalue weighted by atomic mass is 10.0. The van der Waals surface area contributed by atoms with Crippen molar-refractivity contribution in [3.05, 3.63) is 53.6 Å². The molecular weight excluding hydrogens is 368 g/mol. The lowest BCUT2D eigenvalue weighted by Crippen LogP contribution is -2.30. The summed E-state index contributed by atoms with van der Waals surface area (Å²) < 4.78 is 36.3. The van der Waals surface area contributed by atoms with Crippen LogP contribution in [-0.4, -0.2) is 34.8 Å². The van der Waals surface area contributed by atoms with Gasteiger partial charge in [0.05, 0.1) is 32.2 Å². The van der Waals surface area contributed by atoms with Gasteiger partial charge in [-0.25, -0.2) is 13.1 Å². The van der Waals surface area contributed by atoms with Crippen LogP contribution in [0.3, 0.4) is 0 Å². The molecule has 0 aromatic heterocycles. The maximum absolute atomic E-state index is 12.6. The van der Waals surface area contributed by atoms with Crippen molar-refractivity contribution >= 4 is 21.6 Å². The number of anilines is 1. The van der Waals surface area contributed by atoms with Crippen molar-refractivity contribution in [1.82, 2.24) is 4.72 Å². The third-order valence-electron chi connectivity index (χ3n) is 3.89. The Bertz CT molecular complexity index is 895. The van der Waals surface area contributed by atoms with E-state index in [-0.39, 0.29) is 12.3 Å². The number of methoxy groups -OCH3 is 2. The van der Waals surface area contributed by atoms with E-state index in [1.165, 1.54) is 7.11 Å². The number of carbonyl (C=O) groups excluding carboxylic acids is 1. The van der Waals surface area contributed by atoms with E-state index in [9.17, 15) is 13.2 Å². The molecule has 0 aliphatic carbocycles. The van der Waals surface area contributed by atoms with Crippen LogP contribution in [0, 0.1) is 6.92 Å². The van der Waals surface area contributed by atoms with Gasteiger partial charge in [0.2, 0.25) is 15.9 Å². The van der Waals surface area contributed by atoms with Crippen molar-refractivity contribution in [3.63, 3.8) is 0 Å². The van der Waals surface area contributed by atoms with E-state index in [1.807, 2.05) is 13.0 Å². The van der Waals surface area contributed by atoms with Gasteiger partial charge in [-0.2, -0.15) is 0 Å². The highest BCUT2D eigenvalue weighted by molar-refractivity contribution is 7.88. The summed E-state index contributed by atoms with van der Waals surface area (Å²) in [7, 11) is -0.446. The van der Waals surface area contributed by atoms with Crippen LogP contribution in [0.5, 0.6) is 11.5 Å². The molecule has 0 fully saturated rings. The van der Waals surface area contributed by atoms with Gasteiger partial charge in [-0.3, -0.25) is 4.79 Å². The topological polar surface area (TPSA) is 93.7 Å². The third kappa shape index (κ3) is 6.26. The molecular formula is C19H24N2O5S. The second-order valence-electron chi connectivity index (χ2n) is 6.17. The van der Waals surface area contributed by atoms with Gasteiger partial charge in [-0.05, 0) is 42.3 Å². The van der Waals surface area contributed by atoms with Gasteiger partial charge >= 0.3 is 0 Å². The number of hydrogen-bond donors (Lipinski definition) is 2. The first kappa shape index (κ1) is 20.7. The maximum Gasteiger partial charge on any atom is 0.226 e. The Morgan fingerprint density at radius 1 is 1.07 bits per heavy atom. The quantitative estimate of drug-likeness (QED) is 0.720. The van der Waals surface area contributed by atoms with Gasteiger partial charge in [0, 0.05) is 6.42 Å². The van der Waals surface area contributed by atoms with Crippen LogP contribution in [-0.2, 0) is 14.8 Å². The van der Waals surface area contributed by atoms with Crippen molar-refractivity contribution in [2.45, 2.75) is 19.4 Å². The third-order valence-corrected chi connectivity index (χ3v) is 4.61. The Morgan fingerprint density at radius 2 is 1.74 bits per heavy atom. The molecule has 2 aromatic rings. The molecule has 1 atom stereocenters. The monoisotopic (exact) mass is 392 g/mol. The van der Waals surface area contributed by atoms with Crippen molar-refractivity contribution in [2.75, 3.05) is 25.8 Å². The minimum absolute atomic E-state index is 0.0729. The summed E-state index contributed by atoms with van der Waals surface area (Å²) in [5.74, 6) is 0.840. The zero-order valence-corrected chi connectivity index (χ0v) is 16.6. The fourth-order valence-electron chi connectivity index (χ4n) is 2.63. The highest BCUT2D eigenvalue weighted by Gasteiger charge is 2.20. The number of carbonyl (C=O) groups is 1. The van der Waals surface area contributed by atoms with Gasteiger partial charge in [-0.1, -0.05) is 18.2 Å². The van der Waals surface area contributed by atoms with E-state index >= 15 is 0 Å². The molecule has 0 radical (unpaired) electrons. The zero-order valence-electron chi connectivity index (χ0n) is 15.8. The summed E-state index contributed by atoms with van der Waals surface area (Å²) in [6, 6.07) is 11.6. The van der Waals surface area contributed by atoms with Crippen molar-refractivity contribution in [2.24, 2.45) is 0 Å². The second kappa shape index (κ2) is 8.88. The number of nitrogens with one attached hydrogen (secondary N) is 2. The Morgan fingerprint density at radius 3 is 2.30 bits per heavy atom. The van der Waals surface area contributed by atoms with E-state index in [4.69, 9.17) is 9.47 Å². The molecule has 2 rings (SSSR count). The number of hydrogen-bond acceptors (Lipinski definition) is 5. The minimum Gasteiger partial charge on any atom is -0.497 e. The van der Waals surface area contributed by atoms with Gasteiger partial charge < -0.3 is 14.8 Å². The molecule has 146 valence electrons. The number of sulfonamides is 1. The first-order valence-electron chi connectivity index (χ1n) is 8.27. The summed E-state index contributed by atoms with van der Waals surface area (Å²) in [6.07, 6.45) is 0.988. The molecule has 2 aromatic carbocycles. The van der Waals surface area contributed by atoms with Crippen molar-refractivity contribution in [3.8, 4) is 11.5 Å². The molecule has 0 heterocycles. The number of amides is 1. The molecule has 0 saturated heterocycles. The molecule has 0 saturated carbocycles. The van der Waals surface area contributed by atoms with Crippen molar-refractivity contribution in [1.29, 1.82) is 0 Å². The lowest BCUT2D eigenvalue weighted by molar-refractivity contribution is -0.116. The van der Waals surface area contributed by atoms with Crippen LogP contribution in [0.25, 0.3) is 0 Å². The fourth-order valence-corrected chi connectivity index (χ4v) is 3.36. The molecule has 8 heteroatoms.